The molecule has 0 fully saturated rings. The van der Waals surface area contributed by atoms with E-state index in [1.807, 2.05) is 0 Å². The van der Waals surface area contributed by atoms with Crippen LogP contribution in [0.2, 0.25) is 0 Å². The van der Waals surface area contributed by atoms with E-state index in [9.17, 15) is 9.59 Å². The molecular weight excluding hydrogens is 166 g/mol. The molecule has 11 heavy (non-hydrogen) atoms. The minimum atomic E-state index is -0.540. The topological polar surface area (TPSA) is 85.1 Å². The lowest BCUT2D eigenvalue weighted by atomic mass is 10.5. The molecule has 0 aliphatic rings. The summed E-state index contributed by atoms with van der Waals surface area (Å²) >= 11 is 1.04. The first kappa shape index (κ1) is 7.67. The molecule has 3 N–H and O–H groups in total. The Kier molecular flexibility index (Phi) is 2.17. The Bertz CT molecular complexity index is 283. The zero-order valence-electron chi connectivity index (χ0n) is 5.40. The predicted octanol–water partition coefficient (Wildman–Crippen LogP) is -0.190. The van der Waals surface area contributed by atoms with Crippen LogP contribution in [0.3, 0.4) is 0 Å². The van der Waals surface area contributed by atoms with Gasteiger partial charge < -0.3 is 11.1 Å². The summed E-state index contributed by atoms with van der Waals surface area (Å²) in [4.78, 5) is 24.4. The van der Waals surface area contributed by atoms with Crippen molar-refractivity contribution in [3.8, 4) is 0 Å². The van der Waals surface area contributed by atoms with Crippen LogP contribution in [0.4, 0.5) is 5.13 Å². The fourth-order valence-electron chi connectivity index (χ4n) is 0.505. The average molecular weight is 171 g/mol. The number of carbonyl (C=O) groups is 2. The van der Waals surface area contributed by atoms with E-state index in [0.717, 1.165) is 11.3 Å². The molecule has 1 aromatic heterocycles. The molecule has 6 heteroatoms. The minimum absolute atomic E-state index is 0.328. The van der Waals surface area contributed by atoms with E-state index >= 15 is 0 Å². The quantitative estimate of drug-likeness (QED) is 0.618. The van der Waals surface area contributed by atoms with Gasteiger partial charge in [-0.15, -0.1) is 0 Å². The summed E-state index contributed by atoms with van der Waals surface area (Å²) in [5, 5.41) is 2.67. The van der Waals surface area contributed by atoms with Gasteiger partial charge in [0, 0.05) is 0 Å². The first-order valence-electron chi connectivity index (χ1n) is 2.70. The number of hydrogen-bond donors (Lipinski definition) is 2. The smallest absolute Gasteiger partial charge is 0.260 e. The van der Waals surface area contributed by atoms with Crippen LogP contribution in [0.15, 0.2) is 6.20 Å². The van der Waals surface area contributed by atoms with Crippen LogP contribution >= 0.6 is 11.3 Å². The third kappa shape index (κ3) is 1.74. The Balaban J connectivity index is 2.81. The van der Waals surface area contributed by atoms with Crippen LogP contribution in [0.25, 0.3) is 0 Å². The molecule has 0 atom stereocenters. The molecule has 0 aliphatic heterocycles. The number of anilines is 1. The number of carbonyl (C=O) groups excluding carboxylic acids is 2. The van der Waals surface area contributed by atoms with Gasteiger partial charge in [-0.05, 0) is 0 Å². The van der Waals surface area contributed by atoms with Gasteiger partial charge in [-0.25, -0.2) is 4.98 Å². The summed E-state index contributed by atoms with van der Waals surface area (Å²) in [6, 6.07) is 0. The highest BCUT2D eigenvalue weighted by molar-refractivity contribution is 7.17. The number of hydrogen-bond acceptors (Lipinski definition) is 4. The highest BCUT2D eigenvalue weighted by atomic mass is 32.1. The third-order valence-corrected chi connectivity index (χ3v) is 1.87. The SMILES string of the molecule is NC(=O)c1cnc(NC=O)s1. The molecule has 0 aromatic carbocycles. The first-order valence-corrected chi connectivity index (χ1v) is 3.51. The van der Waals surface area contributed by atoms with Crippen molar-refractivity contribution in [1.82, 2.24) is 4.98 Å². The van der Waals surface area contributed by atoms with Gasteiger partial charge in [-0.2, -0.15) is 0 Å². The molecule has 0 aliphatic carbocycles. The molecule has 2 amide bonds. The van der Waals surface area contributed by atoms with E-state index in [-0.39, 0.29) is 0 Å². The van der Waals surface area contributed by atoms with Crippen molar-refractivity contribution in [2.75, 3.05) is 5.32 Å². The number of nitrogens with two attached hydrogens (primary N) is 1. The van der Waals surface area contributed by atoms with Gasteiger partial charge in [0.2, 0.25) is 6.41 Å². The molecule has 0 bridgehead atoms. The Morgan fingerprint density at radius 1 is 1.82 bits per heavy atom. The van der Waals surface area contributed by atoms with Crippen molar-refractivity contribution in [2.45, 2.75) is 0 Å². The maximum absolute atomic E-state index is 10.5. The molecular formula is C5H5N3O2S. The number of thiazole rings is 1. The normalized spacial score (nSPS) is 9.09. The summed E-state index contributed by atoms with van der Waals surface area (Å²) in [5.41, 5.74) is 4.94. The largest absolute Gasteiger partial charge is 0.365 e. The van der Waals surface area contributed by atoms with Crippen molar-refractivity contribution in [1.29, 1.82) is 0 Å². The predicted molar refractivity (Wildman–Crippen MR) is 40.3 cm³/mol. The molecule has 58 valence electrons. The Hall–Kier alpha value is -1.43. The molecule has 1 aromatic rings. The van der Waals surface area contributed by atoms with Crippen LogP contribution in [0, 0.1) is 0 Å². The fraction of sp³-hybridized carbons (Fsp3) is 0. The summed E-state index contributed by atoms with van der Waals surface area (Å²) in [6.45, 7) is 0. The average Bonchev–Trinajstić information content (AvgIpc) is 2.37. The number of nitrogens with zero attached hydrogens (tertiary/aromatic N) is 1. The molecule has 1 heterocycles. The molecule has 1 rings (SSSR count). The number of aromatic nitrogens is 1. The van der Waals surface area contributed by atoms with Crippen molar-refractivity contribution in [3.05, 3.63) is 11.1 Å². The number of nitrogens with one attached hydrogen (secondary N) is 1. The van der Waals surface area contributed by atoms with E-state index in [1.165, 1.54) is 6.20 Å². The first-order chi connectivity index (χ1) is 5.24. The molecule has 0 saturated carbocycles. The lowest BCUT2D eigenvalue weighted by Gasteiger charge is -1.85. The van der Waals surface area contributed by atoms with Crippen LogP contribution in [0.5, 0.6) is 0 Å². The molecule has 0 saturated heterocycles. The standard InChI is InChI=1S/C5H5N3O2S/c6-4(10)3-1-7-5(11-3)8-2-9/h1-2H,(H2,6,10)(H,7,8,9). The number of amides is 2. The van der Waals surface area contributed by atoms with E-state index in [4.69, 9.17) is 5.73 Å². The summed E-state index contributed by atoms with van der Waals surface area (Å²) in [6.07, 6.45) is 1.81. The van der Waals surface area contributed by atoms with Crippen molar-refractivity contribution in [3.63, 3.8) is 0 Å². The van der Waals surface area contributed by atoms with Crippen molar-refractivity contribution < 1.29 is 9.59 Å². The lowest BCUT2D eigenvalue weighted by Crippen LogP contribution is -2.08. The maximum Gasteiger partial charge on any atom is 0.260 e. The summed E-state index contributed by atoms with van der Waals surface area (Å²) < 4.78 is 0. The summed E-state index contributed by atoms with van der Waals surface area (Å²) in [5.74, 6) is -0.540. The van der Waals surface area contributed by atoms with Crippen molar-refractivity contribution in [2.24, 2.45) is 5.73 Å². The van der Waals surface area contributed by atoms with Gasteiger partial charge in [0.25, 0.3) is 5.91 Å². The van der Waals surface area contributed by atoms with Gasteiger partial charge in [0.05, 0.1) is 6.20 Å². The molecule has 0 radical (unpaired) electrons. The third-order valence-electron chi connectivity index (χ3n) is 0.931. The minimum Gasteiger partial charge on any atom is -0.365 e. The van der Waals surface area contributed by atoms with Gasteiger partial charge in [0.15, 0.2) is 5.13 Å². The van der Waals surface area contributed by atoms with Gasteiger partial charge in [-0.1, -0.05) is 11.3 Å². The van der Waals surface area contributed by atoms with E-state index < -0.39 is 5.91 Å². The van der Waals surface area contributed by atoms with E-state index in [2.05, 4.69) is 10.3 Å². The Labute approximate surface area is 66.2 Å². The van der Waals surface area contributed by atoms with Crippen LogP contribution in [-0.4, -0.2) is 17.3 Å². The summed E-state index contributed by atoms with van der Waals surface area (Å²) in [7, 11) is 0. The Morgan fingerprint density at radius 3 is 3.00 bits per heavy atom. The highest BCUT2D eigenvalue weighted by Gasteiger charge is 2.04. The second kappa shape index (κ2) is 3.11. The van der Waals surface area contributed by atoms with Crippen LogP contribution in [0.1, 0.15) is 9.67 Å². The number of primary amides is 1. The van der Waals surface area contributed by atoms with Gasteiger partial charge >= 0.3 is 0 Å². The Morgan fingerprint density at radius 2 is 2.55 bits per heavy atom. The van der Waals surface area contributed by atoms with Crippen LogP contribution < -0.4 is 11.1 Å². The van der Waals surface area contributed by atoms with Crippen LogP contribution in [-0.2, 0) is 4.79 Å². The second-order valence-corrected chi connectivity index (χ2v) is 2.69. The highest BCUT2D eigenvalue weighted by Crippen LogP contribution is 2.15. The van der Waals surface area contributed by atoms with E-state index in [1.54, 1.807) is 0 Å². The van der Waals surface area contributed by atoms with Crippen molar-refractivity contribution >= 4 is 28.8 Å². The zero-order chi connectivity index (χ0) is 8.27. The second-order valence-electron chi connectivity index (χ2n) is 1.66. The van der Waals surface area contributed by atoms with Gasteiger partial charge in [0.1, 0.15) is 4.88 Å². The van der Waals surface area contributed by atoms with Gasteiger partial charge in [-0.3, -0.25) is 9.59 Å². The number of rotatable bonds is 3. The molecule has 0 spiro atoms. The fourth-order valence-corrected chi connectivity index (χ4v) is 1.13. The maximum atomic E-state index is 10.5. The molecule has 5 nitrogen and oxygen atoms in total. The van der Waals surface area contributed by atoms with E-state index in [0.29, 0.717) is 16.4 Å². The zero-order valence-corrected chi connectivity index (χ0v) is 6.22. The lowest BCUT2D eigenvalue weighted by molar-refractivity contribution is -0.105. The molecule has 0 unspecified atom stereocenters. The monoisotopic (exact) mass is 171 g/mol.